The summed E-state index contributed by atoms with van der Waals surface area (Å²) in [5.41, 5.74) is -0.701. The first kappa shape index (κ1) is 14.4. The van der Waals surface area contributed by atoms with Crippen molar-refractivity contribution in [2.75, 3.05) is 13.7 Å². The lowest BCUT2D eigenvalue weighted by Crippen LogP contribution is -2.33. The van der Waals surface area contributed by atoms with Gasteiger partial charge in [0.15, 0.2) is 0 Å². The second-order valence-corrected chi connectivity index (χ2v) is 4.93. The van der Waals surface area contributed by atoms with E-state index in [0.29, 0.717) is 37.5 Å². The number of aromatic nitrogens is 1. The number of hydrogen-bond acceptors (Lipinski definition) is 4. The van der Waals surface area contributed by atoms with Gasteiger partial charge in [-0.3, -0.25) is 4.79 Å². The molecule has 1 aromatic rings. The predicted molar refractivity (Wildman–Crippen MR) is 74.0 cm³/mol. The predicted octanol–water partition coefficient (Wildman–Crippen LogP) is 2.67. The molecule has 20 heavy (non-hydrogen) atoms. The largest absolute Gasteiger partial charge is 0.497 e. The highest BCUT2D eigenvalue weighted by Gasteiger charge is 2.37. The van der Waals surface area contributed by atoms with Gasteiger partial charge in [0.05, 0.1) is 19.1 Å². The summed E-state index contributed by atoms with van der Waals surface area (Å²) in [5, 5.41) is 9.44. The molecule has 1 N–H and O–H groups in total. The van der Waals surface area contributed by atoms with Crippen LogP contribution < -0.4 is 9.47 Å². The minimum absolute atomic E-state index is 0.334. The Bertz CT molecular complexity index is 500. The van der Waals surface area contributed by atoms with E-state index in [4.69, 9.17) is 9.47 Å². The summed E-state index contributed by atoms with van der Waals surface area (Å²) in [6.07, 6.45) is 8.10. The molecule has 0 spiro atoms. The Hall–Kier alpha value is -2.04. The van der Waals surface area contributed by atoms with Gasteiger partial charge in [-0.05, 0) is 31.7 Å². The standard InChI is InChI=1S/C15H19NO4/c1-19-12-5-9-16-13(11-12)20-10-8-15(14(17)18)6-3-2-4-7-15/h2-3,5,9,11H,4,6-8,10H2,1H3,(H,17,18). The summed E-state index contributed by atoms with van der Waals surface area (Å²) in [6.45, 7) is 0.334. The lowest BCUT2D eigenvalue weighted by Gasteiger charge is -2.30. The van der Waals surface area contributed by atoms with E-state index in [1.165, 1.54) is 0 Å². The molecule has 1 atom stereocenters. The quantitative estimate of drug-likeness (QED) is 0.810. The second kappa shape index (κ2) is 6.41. The fraction of sp³-hybridized carbons (Fsp3) is 0.467. The molecule has 108 valence electrons. The van der Waals surface area contributed by atoms with Crippen molar-refractivity contribution >= 4 is 5.97 Å². The van der Waals surface area contributed by atoms with Crippen molar-refractivity contribution in [3.63, 3.8) is 0 Å². The van der Waals surface area contributed by atoms with Crippen molar-refractivity contribution in [3.8, 4) is 11.6 Å². The van der Waals surface area contributed by atoms with E-state index in [-0.39, 0.29) is 0 Å². The number of rotatable bonds is 6. The number of nitrogens with zero attached hydrogens (tertiary/aromatic N) is 1. The number of pyridine rings is 1. The van der Waals surface area contributed by atoms with Crippen LogP contribution in [0.2, 0.25) is 0 Å². The third-order valence-electron chi connectivity index (χ3n) is 3.69. The molecular weight excluding hydrogens is 258 g/mol. The molecule has 1 aromatic heterocycles. The van der Waals surface area contributed by atoms with Gasteiger partial charge in [0.1, 0.15) is 5.75 Å². The van der Waals surface area contributed by atoms with Crippen LogP contribution in [-0.2, 0) is 4.79 Å². The van der Waals surface area contributed by atoms with Crippen molar-refractivity contribution < 1.29 is 19.4 Å². The van der Waals surface area contributed by atoms with E-state index in [1.807, 2.05) is 12.2 Å². The van der Waals surface area contributed by atoms with Gasteiger partial charge in [0.25, 0.3) is 0 Å². The first-order valence-electron chi connectivity index (χ1n) is 6.67. The van der Waals surface area contributed by atoms with Crippen LogP contribution in [0.3, 0.4) is 0 Å². The van der Waals surface area contributed by atoms with Crippen LogP contribution >= 0.6 is 0 Å². The van der Waals surface area contributed by atoms with E-state index in [0.717, 1.165) is 6.42 Å². The number of ether oxygens (including phenoxy) is 2. The molecular formula is C15H19NO4. The van der Waals surface area contributed by atoms with Crippen molar-refractivity contribution in [1.82, 2.24) is 4.98 Å². The molecule has 0 bridgehead atoms. The van der Waals surface area contributed by atoms with Crippen LogP contribution in [0.25, 0.3) is 0 Å². The van der Waals surface area contributed by atoms with Crippen LogP contribution in [0.4, 0.5) is 0 Å². The average Bonchev–Trinajstić information content (AvgIpc) is 2.48. The molecule has 1 aliphatic carbocycles. The van der Waals surface area contributed by atoms with Gasteiger partial charge in [-0.25, -0.2) is 4.98 Å². The van der Waals surface area contributed by atoms with Gasteiger partial charge in [0, 0.05) is 12.3 Å². The maximum atomic E-state index is 11.5. The third kappa shape index (κ3) is 3.29. The van der Waals surface area contributed by atoms with Crippen molar-refractivity contribution in [2.45, 2.75) is 25.7 Å². The molecule has 0 saturated heterocycles. The Labute approximate surface area is 118 Å². The van der Waals surface area contributed by atoms with Crippen LogP contribution in [0.15, 0.2) is 30.5 Å². The highest BCUT2D eigenvalue weighted by Crippen LogP contribution is 2.36. The molecule has 1 aliphatic rings. The second-order valence-electron chi connectivity index (χ2n) is 4.93. The monoisotopic (exact) mass is 277 g/mol. The average molecular weight is 277 g/mol. The molecule has 2 rings (SSSR count). The molecule has 0 fully saturated rings. The SMILES string of the molecule is COc1ccnc(OCCC2(C(=O)O)CC=CCC2)c1. The number of hydrogen-bond donors (Lipinski definition) is 1. The Morgan fingerprint density at radius 3 is 3.00 bits per heavy atom. The van der Waals surface area contributed by atoms with Crippen molar-refractivity contribution in [3.05, 3.63) is 30.5 Å². The van der Waals surface area contributed by atoms with Gasteiger partial charge < -0.3 is 14.6 Å². The topological polar surface area (TPSA) is 68.7 Å². The number of methoxy groups -OCH3 is 1. The highest BCUT2D eigenvalue weighted by molar-refractivity contribution is 5.75. The van der Waals surface area contributed by atoms with Crippen LogP contribution in [0.1, 0.15) is 25.7 Å². The van der Waals surface area contributed by atoms with E-state index in [1.54, 1.807) is 25.4 Å². The molecule has 0 aliphatic heterocycles. The smallest absolute Gasteiger partial charge is 0.310 e. The Morgan fingerprint density at radius 2 is 2.35 bits per heavy atom. The van der Waals surface area contributed by atoms with Crippen molar-refractivity contribution in [1.29, 1.82) is 0 Å². The summed E-state index contributed by atoms with van der Waals surface area (Å²) in [5.74, 6) is 0.379. The lowest BCUT2D eigenvalue weighted by molar-refractivity contribution is -0.150. The molecule has 1 heterocycles. The molecule has 5 heteroatoms. The Kier molecular flexibility index (Phi) is 4.61. The normalized spacial score (nSPS) is 21.4. The first-order valence-corrected chi connectivity index (χ1v) is 6.67. The summed E-state index contributed by atoms with van der Waals surface area (Å²) in [6, 6.07) is 3.42. The molecule has 0 amide bonds. The molecule has 0 radical (unpaired) electrons. The molecule has 5 nitrogen and oxygen atoms in total. The van der Waals surface area contributed by atoms with Crippen LogP contribution in [0, 0.1) is 5.41 Å². The van der Waals surface area contributed by atoms with E-state index >= 15 is 0 Å². The van der Waals surface area contributed by atoms with E-state index in [9.17, 15) is 9.90 Å². The van der Waals surface area contributed by atoms with Gasteiger partial charge >= 0.3 is 5.97 Å². The van der Waals surface area contributed by atoms with Gasteiger partial charge in [-0.15, -0.1) is 0 Å². The fourth-order valence-electron chi connectivity index (χ4n) is 2.36. The lowest BCUT2D eigenvalue weighted by atomic mass is 9.75. The summed E-state index contributed by atoms with van der Waals surface area (Å²) in [7, 11) is 1.58. The molecule has 1 unspecified atom stereocenters. The van der Waals surface area contributed by atoms with Gasteiger partial charge in [-0.2, -0.15) is 0 Å². The van der Waals surface area contributed by atoms with Crippen molar-refractivity contribution in [2.24, 2.45) is 5.41 Å². The number of carboxylic acids is 1. The molecule has 0 aromatic carbocycles. The van der Waals surface area contributed by atoms with E-state index in [2.05, 4.69) is 4.98 Å². The zero-order valence-electron chi connectivity index (χ0n) is 11.5. The molecule has 0 saturated carbocycles. The first-order chi connectivity index (χ1) is 9.66. The van der Waals surface area contributed by atoms with Gasteiger partial charge in [0.2, 0.25) is 5.88 Å². The van der Waals surface area contributed by atoms with Crippen LogP contribution in [-0.4, -0.2) is 29.8 Å². The minimum atomic E-state index is -0.746. The van der Waals surface area contributed by atoms with Gasteiger partial charge in [-0.1, -0.05) is 12.2 Å². The Balaban J connectivity index is 1.93. The van der Waals surface area contributed by atoms with E-state index < -0.39 is 11.4 Å². The zero-order valence-corrected chi connectivity index (χ0v) is 11.5. The minimum Gasteiger partial charge on any atom is -0.497 e. The Morgan fingerprint density at radius 1 is 1.50 bits per heavy atom. The maximum absolute atomic E-state index is 11.5. The van der Waals surface area contributed by atoms with Crippen LogP contribution in [0.5, 0.6) is 11.6 Å². The summed E-state index contributed by atoms with van der Waals surface area (Å²) >= 11 is 0. The number of carbonyl (C=O) groups is 1. The third-order valence-corrected chi connectivity index (χ3v) is 3.69. The summed E-state index contributed by atoms with van der Waals surface area (Å²) < 4.78 is 10.6. The highest BCUT2D eigenvalue weighted by atomic mass is 16.5. The summed E-state index contributed by atoms with van der Waals surface area (Å²) in [4.78, 5) is 15.6. The maximum Gasteiger partial charge on any atom is 0.310 e. The number of carboxylic acid groups (broad SMARTS) is 1. The zero-order chi connectivity index (χ0) is 14.4. The number of aliphatic carboxylic acids is 1. The fourth-order valence-corrected chi connectivity index (χ4v) is 2.36. The number of allylic oxidation sites excluding steroid dienone is 2.